The predicted octanol–water partition coefficient (Wildman–Crippen LogP) is 8.33. The summed E-state index contributed by atoms with van der Waals surface area (Å²) < 4.78 is 18.8. The number of hydrogen-bond acceptors (Lipinski definition) is 7. The largest absolute Gasteiger partial charge is 0.462 e. The van der Waals surface area contributed by atoms with Crippen LogP contribution in [0.1, 0.15) is 93.6 Å². The number of carbonyl (C=O) groups is 4. The molecule has 0 spiro atoms. The van der Waals surface area contributed by atoms with Gasteiger partial charge in [0.1, 0.15) is 24.1 Å². The first-order chi connectivity index (χ1) is 23.6. The summed E-state index contributed by atoms with van der Waals surface area (Å²) in [5, 5.41) is 0. The van der Waals surface area contributed by atoms with Crippen LogP contribution < -0.4 is 0 Å². The molecule has 2 saturated carbocycles. The summed E-state index contributed by atoms with van der Waals surface area (Å²) in [5.74, 6) is -1.90. The maximum absolute atomic E-state index is 15.2. The molecule has 7 heteroatoms. The second kappa shape index (κ2) is 14.9. The first-order valence-electron chi connectivity index (χ1n) is 18.6. The molecule has 2 fully saturated rings. The van der Waals surface area contributed by atoms with E-state index >= 15 is 4.79 Å². The van der Waals surface area contributed by atoms with E-state index in [1.54, 1.807) is 12.2 Å². The van der Waals surface area contributed by atoms with Crippen molar-refractivity contribution in [3.8, 4) is 0 Å². The number of ketones is 1. The fraction of sp³-hybridized carbons (Fsp3) is 0.581. The van der Waals surface area contributed by atoms with Crippen molar-refractivity contribution < 1.29 is 33.4 Å². The van der Waals surface area contributed by atoms with E-state index in [4.69, 9.17) is 14.2 Å². The van der Waals surface area contributed by atoms with Crippen LogP contribution in [0.2, 0.25) is 0 Å². The van der Waals surface area contributed by atoms with E-state index in [0.29, 0.717) is 31.3 Å². The quantitative estimate of drug-likeness (QED) is 0.139. The minimum Gasteiger partial charge on any atom is -0.462 e. The Labute approximate surface area is 298 Å². The van der Waals surface area contributed by atoms with Gasteiger partial charge in [-0.05, 0) is 78.9 Å². The van der Waals surface area contributed by atoms with Gasteiger partial charge in [0.25, 0.3) is 0 Å². The molecule has 5 rings (SSSR count). The van der Waals surface area contributed by atoms with Crippen molar-refractivity contribution in [3.05, 3.63) is 83.0 Å². The zero-order valence-electron chi connectivity index (χ0n) is 31.4. The topological polar surface area (TPSA) is 96.0 Å². The zero-order valence-corrected chi connectivity index (χ0v) is 31.4. The third-order valence-corrected chi connectivity index (χ3v) is 12.6. The van der Waals surface area contributed by atoms with Crippen LogP contribution in [-0.4, -0.2) is 42.0 Å². The van der Waals surface area contributed by atoms with Crippen LogP contribution in [0.15, 0.2) is 77.4 Å². The molecular weight excluding hydrogens is 628 g/mol. The van der Waals surface area contributed by atoms with E-state index in [1.165, 1.54) is 6.92 Å². The van der Waals surface area contributed by atoms with Gasteiger partial charge in [0, 0.05) is 30.6 Å². The molecule has 0 heterocycles. The molecule has 1 aromatic carbocycles. The summed E-state index contributed by atoms with van der Waals surface area (Å²) >= 11 is 0. The number of hydrogen-bond donors (Lipinski definition) is 0. The molecular formula is C43H56O7. The predicted molar refractivity (Wildman–Crippen MR) is 194 cm³/mol. The van der Waals surface area contributed by atoms with Crippen molar-refractivity contribution >= 4 is 23.7 Å². The minimum absolute atomic E-state index is 0.0346. The third kappa shape index (κ3) is 7.07. The first kappa shape index (κ1) is 37.5. The molecule has 0 N–H and O–H groups in total. The Hall–Kier alpha value is -3.74. The lowest BCUT2D eigenvalue weighted by atomic mass is 9.58. The molecule has 4 aliphatic rings. The SMILES string of the molecule is CC[C@H](OC(C)=O)C1[C@H](OC(=O)C2=CC=CC(C)C=C2)CC2C3C[C@H](OC(=O)CCc4ccccc4)C(C)=C(C(C)C(=O)C1(C)C(C)C)C32C. The van der Waals surface area contributed by atoms with Crippen LogP contribution in [0, 0.1) is 46.3 Å². The lowest BCUT2D eigenvalue weighted by molar-refractivity contribution is -0.175. The van der Waals surface area contributed by atoms with Gasteiger partial charge < -0.3 is 14.2 Å². The van der Waals surface area contributed by atoms with Crippen molar-refractivity contribution in [2.75, 3.05) is 0 Å². The molecule has 0 aromatic heterocycles. The fourth-order valence-corrected chi connectivity index (χ4v) is 9.61. The van der Waals surface area contributed by atoms with Gasteiger partial charge in [-0.25, -0.2) is 4.79 Å². The van der Waals surface area contributed by atoms with E-state index in [1.807, 2.05) is 97.0 Å². The second-order valence-electron chi connectivity index (χ2n) is 15.8. The van der Waals surface area contributed by atoms with Gasteiger partial charge in [-0.2, -0.15) is 0 Å². The molecule has 10 atom stereocenters. The lowest BCUT2D eigenvalue weighted by Crippen LogP contribution is -2.54. The number of Topliss-reactive ketones (excluding diaryl/α,β-unsaturated/α-hetero) is 1. The fourth-order valence-electron chi connectivity index (χ4n) is 9.61. The van der Waals surface area contributed by atoms with Gasteiger partial charge in [-0.1, -0.05) is 109 Å². The Morgan fingerprint density at radius 2 is 1.66 bits per heavy atom. The Kier molecular flexibility index (Phi) is 11.1. The number of ether oxygens (including phenoxy) is 3. The van der Waals surface area contributed by atoms with Gasteiger partial charge in [-0.3, -0.25) is 14.4 Å². The molecule has 0 aliphatic heterocycles. The van der Waals surface area contributed by atoms with Crippen LogP contribution in [0.25, 0.3) is 0 Å². The number of carbonyl (C=O) groups excluding carboxylic acids is 4. The number of benzene rings is 1. The molecule has 50 heavy (non-hydrogen) atoms. The van der Waals surface area contributed by atoms with E-state index in [0.717, 1.165) is 16.7 Å². The monoisotopic (exact) mass is 684 g/mol. The smallest absolute Gasteiger partial charge is 0.338 e. The van der Waals surface area contributed by atoms with E-state index in [9.17, 15) is 14.4 Å². The van der Waals surface area contributed by atoms with E-state index in [2.05, 4.69) is 6.92 Å². The van der Waals surface area contributed by atoms with Crippen molar-refractivity contribution in [3.63, 3.8) is 0 Å². The highest BCUT2D eigenvalue weighted by molar-refractivity contribution is 5.93. The summed E-state index contributed by atoms with van der Waals surface area (Å²) in [7, 11) is 0. The van der Waals surface area contributed by atoms with Crippen LogP contribution in [0.5, 0.6) is 0 Å². The Balaban J connectivity index is 1.55. The molecule has 0 radical (unpaired) electrons. The van der Waals surface area contributed by atoms with E-state index in [-0.39, 0.29) is 47.3 Å². The first-order valence-corrected chi connectivity index (χ1v) is 18.6. The summed E-state index contributed by atoms with van der Waals surface area (Å²) in [4.78, 5) is 55.0. The van der Waals surface area contributed by atoms with Crippen molar-refractivity contribution in [1.82, 2.24) is 0 Å². The van der Waals surface area contributed by atoms with Gasteiger partial charge in [-0.15, -0.1) is 0 Å². The van der Waals surface area contributed by atoms with Crippen molar-refractivity contribution in [1.29, 1.82) is 0 Å². The van der Waals surface area contributed by atoms with Gasteiger partial charge in [0.05, 0.1) is 5.57 Å². The molecule has 0 amide bonds. The number of rotatable bonds is 10. The standard InChI is InChI=1S/C43H56O7/c1-10-34(48-29(7)44)39-36(50-41(47)31-18-14-15-26(4)19-21-31)24-33-32-23-35(49-37(45)22-20-30-16-12-11-13-17-30)27(5)38(43(32,33)9)28(6)40(46)42(39,8)25(2)3/h11-19,21,25-26,28,32-36,39H,10,20,22-24H2,1-9H3/t26?,28?,32?,33?,34-,35-,36+,39?,42?,43?/m0/s1. The average Bonchev–Trinajstić information content (AvgIpc) is 3.71. The summed E-state index contributed by atoms with van der Waals surface area (Å²) in [6.07, 6.45) is 10.2. The highest BCUT2D eigenvalue weighted by atomic mass is 16.6. The molecule has 270 valence electrons. The van der Waals surface area contributed by atoms with E-state index < -0.39 is 47.5 Å². The zero-order chi connectivity index (χ0) is 36.5. The highest BCUT2D eigenvalue weighted by Gasteiger charge is 2.70. The summed E-state index contributed by atoms with van der Waals surface area (Å²) in [6.45, 7) is 17.7. The van der Waals surface area contributed by atoms with Gasteiger partial charge in [0.15, 0.2) is 0 Å². The molecule has 0 saturated heterocycles. The molecule has 0 bridgehead atoms. The maximum atomic E-state index is 15.2. The second-order valence-corrected chi connectivity index (χ2v) is 15.8. The Morgan fingerprint density at radius 1 is 0.980 bits per heavy atom. The molecule has 1 aromatic rings. The van der Waals surface area contributed by atoms with Crippen LogP contribution in [-0.2, 0) is 39.8 Å². The maximum Gasteiger partial charge on any atom is 0.338 e. The average molecular weight is 685 g/mol. The van der Waals surface area contributed by atoms with Crippen LogP contribution in [0.4, 0.5) is 0 Å². The number of aryl methyl sites for hydroxylation is 1. The number of esters is 3. The normalized spacial score (nSPS) is 34.0. The number of allylic oxidation sites excluding steroid dienone is 5. The van der Waals surface area contributed by atoms with Crippen LogP contribution in [0.3, 0.4) is 0 Å². The Bertz CT molecular complexity index is 1600. The minimum atomic E-state index is -1.02. The Morgan fingerprint density at radius 3 is 2.30 bits per heavy atom. The van der Waals surface area contributed by atoms with Gasteiger partial charge >= 0.3 is 17.9 Å². The lowest BCUT2D eigenvalue weighted by Gasteiger charge is -2.47. The molecule has 7 unspecified atom stereocenters. The van der Waals surface area contributed by atoms with Crippen molar-refractivity contribution in [2.24, 2.45) is 46.3 Å². The summed E-state index contributed by atoms with van der Waals surface area (Å²) in [6, 6.07) is 9.91. The number of fused-ring (bicyclic) bond motifs is 1. The van der Waals surface area contributed by atoms with Crippen molar-refractivity contribution in [2.45, 2.75) is 113 Å². The third-order valence-electron chi connectivity index (χ3n) is 12.6. The summed E-state index contributed by atoms with van der Waals surface area (Å²) in [5.41, 5.74) is 2.20. The highest BCUT2D eigenvalue weighted by Crippen LogP contribution is 2.72. The van der Waals surface area contributed by atoms with Crippen LogP contribution >= 0.6 is 0 Å². The van der Waals surface area contributed by atoms with Gasteiger partial charge in [0.2, 0.25) is 0 Å². The molecule has 7 nitrogen and oxygen atoms in total. The molecule has 4 aliphatic carbocycles.